The molecule has 1 heterocycles. The first-order chi connectivity index (χ1) is 13.9. The van der Waals surface area contributed by atoms with Crippen LogP contribution < -0.4 is 14.8 Å². The average molecular weight is 394 g/mol. The molecule has 0 aliphatic rings. The van der Waals surface area contributed by atoms with Crippen LogP contribution in [0.3, 0.4) is 0 Å². The van der Waals surface area contributed by atoms with Crippen molar-refractivity contribution in [2.75, 3.05) is 11.9 Å². The summed E-state index contributed by atoms with van der Waals surface area (Å²) in [5.41, 5.74) is 2.05. The summed E-state index contributed by atoms with van der Waals surface area (Å²) < 4.78 is 11.0. The zero-order valence-corrected chi connectivity index (χ0v) is 15.8. The molecule has 9 nitrogen and oxygen atoms in total. The van der Waals surface area contributed by atoms with Crippen LogP contribution in [0.2, 0.25) is 0 Å². The Kier molecular flexibility index (Phi) is 5.98. The van der Waals surface area contributed by atoms with E-state index < -0.39 is 4.92 Å². The first-order valence-corrected chi connectivity index (χ1v) is 8.66. The van der Waals surface area contributed by atoms with Gasteiger partial charge in [0.1, 0.15) is 11.5 Å². The minimum atomic E-state index is -0.505. The molecule has 9 heteroatoms. The van der Waals surface area contributed by atoms with Gasteiger partial charge < -0.3 is 14.8 Å². The summed E-state index contributed by atoms with van der Waals surface area (Å²) in [4.78, 5) is 30.7. The second kappa shape index (κ2) is 8.79. The van der Waals surface area contributed by atoms with Crippen molar-refractivity contribution in [3.05, 3.63) is 76.1 Å². The van der Waals surface area contributed by atoms with Gasteiger partial charge in [-0.1, -0.05) is 6.07 Å². The second-order valence-corrected chi connectivity index (χ2v) is 6.15. The van der Waals surface area contributed by atoms with Crippen LogP contribution in [0.4, 0.5) is 11.4 Å². The van der Waals surface area contributed by atoms with Crippen molar-refractivity contribution in [3.8, 4) is 17.5 Å². The fraction of sp³-hybridized carbons (Fsp3) is 0.150. The first-order valence-electron chi connectivity index (χ1n) is 8.66. The van der Waals surface area contributed by atoms with Gasteiger partial charge in [0, 0.05) is 35.3 Å². The van der Waals surface area contributed by atoms with E-state index in [1.54, 1.807) is 24.3 Å². The van der Waals surface area contributed by atoms with E-state index in [1.165, 1.54) is 24.3 Å². The third-order valence-corrected chi connectivity index (χ3v) is 3.71. The number of nitrogens with one attached hydrogen (secondary N) is 1. The summed E-state index contributed by atoms with van der Waals surface area (Å²) in [5.74, 6) is 0.446. The highest BCUT2D eigenvalue weighted by molar-refractivity contribution is 5.92. The summed E-state index contributed by atoms with van der Waals surface area (Å²) in [6.45, 7) is 3.45. The predicted octanol–water partition coefficient (Wildman–Crippen LogP) is 3.81. The number of non-ortho nitro benzene ring substituents is 1. The van der Waals surface area contributed by atoms with Crippen LogP contribution in [0.1, 0.15) is 11.4 Å². The number of nitrogens with zero attached hydrogens (tertiary/aromatic N) is 3. The molecule has 0 spiro atoms. The smallest absolute Gasteiger partial charge is 0.322 e. The van der Waals surface area contributed by atoms with Gasteiger partial charge in [0.25, 0.3) is 11.6 Å². The zero-order chi connectivity index (χ0) is 20.8. The van der Waals surface area contributed by atoms with Gasteiger partial charge in [-0.05, 0) is 44.2 Å². The molecule has 0 bridgehead atoms. The molecule has 0 unspecified atom stereocenters. The second-order valence-electron chi connectivity index (χ2n) is 6.15. The number of amides is 1. The van der Waals surface area contributed by atoms with Crippen LogP contribution >= 0.6 is 0 Å². The lowest BCUT2D eigenvalue weighted by Crippen LogP contribution is -2.20. The Hall–Kier alpha value is -4.01. The highest BCUT2D eigenvalue weighted by atomic mass is 16.6. The lowest BCUT2D eigenvalue weighted by atomic mass is 10.3. The highest BCUT2D eigenvalue weighted by Crippen LogP contribution is 2.22. The van der Waals surface area contributed by atoms with Crippen LogP contribution in [-0.2, 0) is 4.79 Å². The Labute approximate surface area is 166 Å². The Balaban J connectivity index is 1.57. The fourth-order valence-corrected chi connectivity index (χ4v) is 2.49. The van der Waals surface area contributed by atoms with Gasteiger partial charge in [-0.2, -0.15) is 0 Å². The number of aromatic nitrogens is 2. The van der Waals surface area contributed by atoms with E-state index in [1.807, 2.05) is 19.9 Å². The minimum Gasteiger partial charge on any atom is -0.484 e. The Morgan fingerprint density at radius 1 is 1.03 bits per heavy atom. The predicted molar refractivity (Wildman–Crippen MR) is 105 cm³/mol. The normalized spacial score (nSPS) is 10.3. The summed E-state index contributed by atoms with van der Waals surface area (Å²) in [7, 11) is 0. The number of nitro groups is 1. The molecule has 0 atom stereocenters. The van der Waals surface area contributed by atoms with Gasteiger partial charge in [0.15, 0.2) is 6.61 Å². The van der Waals surface area contributed by atoms with Crippen molar-refractivity contribution in [2.24, 2.45) is 0 Å². The van der Waals surface area contributed by atoms with E-state index in [0.717, 1.165) is 11.4 Å². The monoisotopic (exact) mass is 394 g/mol. The Morgan fingerprint density at radius 3 is 2.38 bits per heavy atom. The lowest BCUT2D eigenvalue weighted by Gasteiger charge is -2.09. The number of carbonyl (C=O) groups excluding carboxylic acids is 1. The third kappa shape index (κ3) is 5.73. The zero-order valence-electron chi connectivity index (χ0n) is 15.8. The van der Waals surface area contributed by atoms with Gasteiger partial charge in [-0.25, -0.2) is 9.97 Å². The SMILES string of the molecule is Cc1cc(C)nc(Oc2cccc(NC(=O)COc3ccc([N+](=O)[O-])cc3)c2)n1. The van der Waals surface area contributed by atoms with Crippen molar-refractivity contribution in [2.45, 2.75) is 13.8 Å². The molecule has 3 aromatic rings. The topological polar surface area (TPSA) is 116 Å². The van der Waals surface area contributed by atoms with Gasteiger partial charge in [0.05, 0.1) is 4.92 Å². The number of rotatable bonds is 7. The number of benzene rings is 2. The number of hydrogen-bond acceptors (Lipinski definition) is 7. The minimum absolute atomic E-state index is 0.0496. The molecule has 0 saturated carbocycles. The largest absolute Gasteiger partial charge is 0.484 e. The summed E-state index contributed by atoms with van der Waals surface area (Å²) in [6.07, 6.45) is 0. The van der Waals surface area contributed by atoms with Crippen LogP contribution in [-0.4, -0.2) is 27.4 Å². The van der Waals surface area contributed by atoms with Crippen molar-refractivity contribution >= 4 is 17.3 Å². The van der Waals surface area contributed by atoms with Gasteiger partial charge >= 0.3 is 6.01 Å². The number of hydrogen-bond donors (Lipinski definition) is 1. The van der Waals surface area contributed by atoms with Gasteiger partial charge in [-0.15, -0.1) is 0 Å². The molecule has 0 radical (unpaired) electrons. The molecule has 3 rings (SSSR count). The van der Waals surface area contributed by atoms with Crippen LogP contribution in [0.5, 0.6) is 17.5 Å². The fourth-order valence-electron chi connectivity index (χ4n) is 2.49. The van der Waals surface area contributed by atoms with E-state index in [9.17, 15) is 14.9 Å². The molecule has 2 aromatic carbocycles. The van der Waals surface area contributed by atoms with Crippen molar-refractivity contribution in [1.82, 2.24) is 9.97 Å². The Bertz CT molecular complexity index is 1020. The lowest BCUT2D eigenvalue weighted by molar-refractivity contribution is -0.384. The molecule has 0 aliphatic heterocycles. The van der Waals surface area contributed by atoms with E-state index in [2.05, 4.69) is 15.3 Å². The number of ether oxygens (including phenoxy) is 2. The maximum atomic E-state index is 12.1. The standard InChI is InChI=1S/C20H18N4O5/c1-13-10-14(2)22-20(21-13)29-18-5-3-4-15(11-18)23-19(25)12-28-17-8-6-16(7-9-17)24(26)27/h3-11H,12H2,1-2H3,(H,23,25). The van der Waals surface area contributed by atoms with Crippen LogP contribution in [0, 0.1) is 24.0 Å². The Morgan fingerprint density at radius 2 is 1.72 bits per heavy atom. The molecule has 1 amide bonds. The molecular formula is C20H18N4O5. The number of anilines is 1. The first kappa shape index (κ1) is 19.7. The number of aryl methyl sites for hydroxylation is 2. The maximum absolute atomic E-state index is 12.1. The van der Waals surface area contributed by atoms with Gasteiger partial charge in [0.2, 0.25) is 0 Å². The molecule has 1 aromatic heterocycles. The van der Waals surface area contributed by atoms with Crippen molar-refractivity contribution < 1.29 is 19.2 Å². The van der Waals surface area contributed by atoms with E-state index in [4.69, 9.17) is 9.47 Å². The van der Waals surface area contributed by atoms with Crippen LogP contribution in [0.25, 0.3) is 0 Å². The van der Waals surface area contributed by atoms with E-state index in [0.29, 0.717) is 17.2 Å². The van der Waals surface area contributed by atoms with E-state index in [-0.39, 0.29) is 24.2 Å². The molecule has 0 saturated heterocycles. The average Bonchev–Trinajstić information content (AvgIpc) is 2.66. The highest BCUT2D eigenvalue weighted by Gasteiger charge is 2.08. The molecule has 0 fully saturated rings. The van der Waals surface area contributed by atoms with Gasteiger partial charge in [-0.3, -0.25) is 14.9 Å². The third-order valence-electron chi connectivity index (χ3n) is 3.71. The summed E-state index contributed by atoms with van der Waals surface area (Å²) in [5, 5.41) is 13.3. The summed E-state index contributed by atoms with van der Waals surface area (Å²) >= 11 is 0. The number of carbonyl (C=O) groups is 1. The van der Waals surface area contributed by atoms with Crippen molar-refractivity contribution in [1.29, 1.82) is 0 Å². The molecule has 29 heavy (non-hydrogen) atoms. The van der Waals surface area contributed by atoms with E-state index >= 15 is 0 Å². The maximum Gasteiger partial charge on any atom is 0.322 e. The summed E-state index contributed by atoms with van der Waals surface area (Å²) in [6, 6.07) is 14.4. The van der Waals surface area contributed by atoms with Crippen LogP contribution in [0.15, 0.2) is 54.6 Å². The van der Waals surface area contributed by atoms with Crippen molar-refractivity contribution in [3.63, 3.8) is 0 Å². The number of nitro benzene ring substituents is 1. The molecule has 0 aliphatic carbocycles. The quantitative estimate of drug-likeness (QED) is 0.478. The molecular weight excluding hydrogens is 376 g/mol. The molecule has 1 N–H and O–H groups in total. The molecule has 148 valence electrons.